The molecule has 0 bridgehead atoms. The third-order valence-corrected chi connectivity index (χ3v) is 3.14. The van der Waals surface area contributed by atoms with Crippen LogP contribution in [0.5, 0.6) is 5.88 Å². The summed E-state index contributed by atoms with van der Waals surface area (Å²) in [7, 11) is 1.65. The minimum Gasteiger partial charge on any atom is -0.480 e. The Labute approximate surface area is 86.2 Å². The molecule has 0 amide bonds. The zero-order valence-corrected chi connectivity index (χ0v) is 9.25. The Morgan fingerprint density at radius 1 is 1.54 bits per heavy atom. The molecule has 1 fully saturated rings. The first-order valence-electron chi connectivity index (χ1n) is 4.60. The number of aromatic nitrogens is 2. The van der Waals surface area contributed by atoms with E-state index in [1.165, 1.54) is 25.7 Å². The molecule has 0 atom stereocenters. The van der Waals surface area contributed by atoms with Gasteiger partial charge in [-0.05, 0) is 28.8 Å². The molecule has 13 heavy (non-hydrogen) atoms. The summed E-state index contributed by atoms with van der Waals surface area (Å²) in [6.45, 7) is 0. The van der Waals surface area contributed by atoms with Crippen LogP contribution in [0.25, 0.3) is 0 Å². The first kappa shape index (κ1) is 9.06. The topological polar surface area (TPSA) is 27.1 Å². The molecular formula is C9H13BrN2O. The Balaban J connectivity index is 2.22. The zero-order valence-electron chi connectivity index (χ0n) is 7.66. The maximum absolute atomic E-state index is 5.07. The summed E-state index contributed by atoms with van der Waals surface area (Å²) in [5, 5.41) is 4.36. The van der Waals surface area contributed by atoms with Gasteiger partial charge in [-0.25, -0.2) is 0 Å². The number of rotatable bonds is 2. The molecule has 1 aromatic rings. The third-order valence-electron chi connectivity index (χ3n) is 2.55. The van der Waals surface area contributed by atoms with Crippen molar-refractivity contribution < 1.29 is 4.74 Å². The van der Waals surface area contributed by atoms with Crippen molar-refractivity contribution in [2.45, 2.75) is 31.7 Å². The Hall–Kier alpha value is -0.510. The van der Waals surface area contributed by atoms with Gasteiger partial charge in [0.05, 0.1) is 13.2 Å². The largest absolute Gasteiger partial charge is 0.480 e. The van der Waals surface area contributed by atoms with E-state index in [-0.39, 0.29) is 0 Å². The second-order valence-corrected chi connectivity index (χ2v) is 4.20. The van der Waals surface area contributed by atoms with Gasteiger partial charge in [-0.1, -0.05) is 12.8 Å². The fraction of sp³-hybridized carbons (Fsp3) is 0.667. The molecule has 4 heteroatoms. The standard InChI is InChI=1S/C9H13BrN2O/c1-13-9-6-8(10)12(11-9)7-4-2-3-5-7/h6-7H,2-5H2,1H3. The van der Waals surface area contributed by atoms with Crippen LogP contribution in [0.2, 0.25) is 0 Å². The van der Waals surface area contributed by atoms with Crippen molar-refractivity contribution in [3.8, 4) is 5.88 Å². The van der Waals surface area contributed by atoms with Crippen LogP contribution in [0, 0.1) is 0 Å². The number of hydrogen-bond donors (Lipinski definition) is 0. The summed E-state index contributed by atoms with van der Waals surface area (Å²) in [6.07, 6.45) is 5.12. The van der Waals surface area contributed by atoms with Gasteiger partial charge in [-0.15, -0.1) is 5.10 Å². The molecule has 1 heterocycles. The van der Waals surface area contributed by atoms with Gasteiger partial charge in [0.15, 0.2) is 0 Å². The van der Waals surface area contributed by atoms with Crippen LogP contribution >= 0.6 is 15.9 Å². The molecule has 1 aromatic heterocycles. The molecule has 1 aliphatic carbocycles. The van der Waals surface area contributed by atoms with Gasteiger partial charge >= 0.3 is 0 Å². The lowest BCUT2D eigenvalue weighted by atomic mass is 10.3. The van der Waals surface area contributed by atoms with Crippen molar-refractivity contribution in [3.63, 3.8) is 0 Å². The van der Waals surface area contributed by atoms with E-state index in [4.69, 9.17) is 4.74 Å². The number of halogens is 1. The van der Waals surface area contributed by atoms with Crippen molar-refractivity contribution >= 4 is 15.9 Å². The van der Waals surface area contributed by atoms with Gasteiger partial charge in [0.25, 0.3) is 0 Å². The molecule has 0 aliphatic heterocycles. The lowest BCUT2D eigenvalue weighted by Crippen LogP contribution is -2.06. The van der Waals surface area contributed by atoms with E-state index in [9.17, 15) is 0 Å². The third kappa shape index (κ3) is 1.73. The van der Waals surface area contributed by atoms with E-state index in [0.717, 1.165) is 4.60 Å². The molecule has 3 nitrogen and oxygen atoms in total. The molecule has 1 aliphatic rings. The molecule has 0 saturated heterocycles. The number of ether oxygens (including phenoxy) is 1. The molecule has 0 aromatic carbocycles. The van der Waals surface area contributed by atoms with E-state index in [2.05, 4.69) is 21.0 Å². The van der Waals surface area contributed by atoms with Crippen molar-refractivity contribution in [2.75, 3.05) is 7.11 Å². The monoisotopic (exact) mass is 244 g/mol. The molecule has 0 unspecified atom stereocenters. The van der Waals surface area contributed by atoms with E-state index in [1.54, 1.807) is 7.11 Å². The van der Waals surface area contributed by atoms with Crippen molar-refractivity contribution in [2.24, 2.45) is 0 Å². The van der Waals surface area contributed by atoms with Gasteiger partial charge < -0.3 is 4.74 Å². The van der Waals surface area contributed by atoms with E-state index < -0.39 is 0 Å². The average Bonchev–Trinajstić information content (AvgIpc) is 2.72. The van der Waals surface area contributed by atoms with Crippen LogP contribution in [-0.2, 0) is 0 Å². The molecule has 1 saturated carbocycles. The highest BCUT2D eigenvalue weighted by Crippen LogP contribution is 2.32. The second kappa shape index (κ2) is 3.70. The Bertz CT molecular complexity index is 292. The van der Waals surface area contributed by atoms with E-state index in [0.29, 0.717) is 11.9 Å². The van der Waals surface area contributed by atoms with Crippen molar-refractivity contribution in [1.82, 2.24) is 9.78 Å². The average molecular weight is 245 g/mol. The minimum atomic E-state index is 0.568. The second-order valence-electron chi connectivity index (χ2n) is 3.39. The van der Waals surface area contributed by atoms with Crippen LogP contribution in [0.4, 0.5) is 0 Å². The normalized spacial score (nSPS) is 18.0. The van der Waals surface area contributed by atoms with Gasteiger partial charge in [0, 0.05) is 6.07 Å². The van der Waals surface area contributed by atoms with Crippen LogP contribution in [0.15, 0.2) is 10.7 Å². The van der Waals surface area contributed by atoms with Gasteiger partial charge in [-0.2, -0.15) is 0 Å². The molecule has 0 spiro atoms. The fourth-order valence-electron chi connectivity index (χ4n) is 1.86. The van der Waals surface area contributed by atoms with Crippen LogP contribution in [-0.4, -0.2) is 16.9 Å². The predicted octanol–water partition coefficient (Wildman–Crippen LogP) is 2.77. The van der Waals surface area contributed by atoms with Crippen molar-refractivity contribution in [1.29, 1.82) is 0 Å². The number of methoxy groups -OCH3 is 1. The maximum Gasteiger partial charge on any atom is 0.233 e. The summed E-state index contributed by atoms with van der Waals surface area (Å²) in [5.41, 5.74) is 0. The molecule has 2 rings (SSSR count). The summed E-state index contributed by atoms with van der Waals surface area (Å²) in [6, 6.07) is 2.48. The minimum absolute atomic E-state index is 0.568. The van der Waals surface area contributed by atoms with E-state index >= 15 is 0 Å². The number of hydrogen-bond acceptors (Lipinski definition) is 2. The highest BCUT2D eigenvalue weighted by atomic mass is 79.9. The molecular weight excluding hydrogens is 232 g/mol. The fourth-order valence-corrected chi connectivity index (χ4v) is 2.42. The van der Waals surface area contributed by atoms with Gasteiger partial charge in [-0.3, -0.25) is 4.68 Å². The van der Waals surface area contributed by atoms with Gasteiger partial charge in [0.2, 0.25) is 5.88 Å². The quantitative estimate of drug-likeness (QED) is 0.801. The SMILES string of the molecule is COc1cc(Br)n(C2CCCC2)n1. The summed E-state index contributed by atoms with van der Waals surface area (Å²) >= 11 is 3.49. The molecule has 0 N–H and O–H groups in total. The van der Waals surface area contributed by atoms with Crippen LogP contribution < -0.4 is 4.74 Å². The Kier molecular flexibility index (Phi) is 2.58. The smallest absolute Gasteiger partial charge is 0.233 e. The lowest BCUT2D eigenvalue weighted by Gasteiger charge is -2.10. The highest BCUT2D eigenvalue weighted by molar-refractivity contribution is 9.10. The van der Waals surface area contributed by atoms with Gasteiger partial charge in [0.1, 0.15) is 4.60 Å². The summed E-state index contributed by atoms with van der Waals surface area (Å²) in [4.78, 5) is 0. The Morgan fingerprint density at radius 2 is 2.23 bits per heavy atom. The first-order valence-corrected chi connectivity index (χ1v) is 5.39. The van der Waals surface area contributed by atoms with Crippen LogP contribution in [0.1, 0.15) is 31.7 Å². The number of nitrogens with zero attached hydrogens (tertiary/aromatic N) is 2. The molecule has 0 radical (unpaired) electrons. The van der Waals surface area contributed by atoms with Crippen molar-refractivity contribution in [3.05, 3.63) is 10.7 Å². The summed E-state index contributed by atoms with van der Waals surface area (Å²) < 4.78 is 8.13. The summed E-state index contributed by atoms with van der Waals surface area (Å²) in [5.74, 6) is 0.693. The van der Waals surface area contributed by atoms with E-state index in [1.807, 2.05) is 10.7 Å². The molecule has 72 valence electrons. The lowest BCUT2D eigenvalue weighted by molar-refractivity contribution is 0.374. The Morgan fingerprint density at radius 3 is 2.77 bits per heavy atom. The maximum atomic E-state index is 5.07. The first-order chi connectivity index (χ1) is 6.31. The zero-order chi connectivity index (χ0) is 9.26. The highest BCUT2D eigenvalue weighted by Gasteiger charge is 2.20. The van der Waals surface area contributed by atoms with Crippen LogP contribution in [0.3, 0.4) is 0 Å². The predicted molar refractivity (Wildman–Crippen MR) is 54.0 cm³/mol.